The number of nitriles is 1. The van der Waals surface area contributed by atoms with Crippen LogP contribution in [0.3, 0.4) is 0 Å². The number of methoxy groups -OCH3 is 2. The molecule has 0 amide bonds. The lowest BCUT2D eigenvalue weighted by molar-refractivity contribution is 0.285. The molecule has 1 atom stereocenters. The van der Waals surface area contributed by atoms with Gasteiger partial charge in [0.1, 0.15) is 0 Å². The van der Waals surface area contributed by atoms with Crippen LogP contribution in [0.5, 0.6) is 11.5 Å². The van der Waals surface area contributed by atoms with Gasteiger partial charge in [0.25, 0.3) is 0 Å². The van der Waals surface area contributed by atoms with E-state index in [1.165, 1.54) is 5.56 Å². The van der Waals surface area contributed by atoms with Gasteiger partial charge in [-0.15, -0.1) is 0 Å². The van der Waals surface area contributed by atoms with E-state index in [1.807, 2.05) is 32.2 Å². The molecule has 1 unspecified atom stereocenters. The molecule has 0 saturated carbocycles. The fraction of sp³-hybridized carbons (Fsp3) is 0.533. The Bertz CT molecular complexity index is 440. The monoisotopic (exact) mass is 262 g/mol. The van der Waals surface area contributed by atoms with E-state index in [9.17, 15) is 0 Å². The van der Waals surface area contributed by atoms with E-state index in [-0.39, 0.29) is 6.04 Å². The van der Waals surface area contributed by atoms with Gasteiger partial charge >= 0.3 is 0 Å². The Hall–Kier alpha value is -1.73. The van der Waals surface area contributed by atoms with Gasteiger partial charge in [0.05, 0.1) is 26.3 Å². The summed E-state index contributed by atoms with van der Waals surface area (Å²) in [5, 5.41) is 9.02. The van der Waals surface area contributed by atoms with Gasteiger partial charge in [-0.05, 0) is 37.6 Å². The van der Waals surface area contributed by atoms with Crippen LogP contribution in [0, 0.1) is 11.3 Å². The van der Waals surface area contributed by atoms with Gasteiger partial charge in [0, 0.05) is 6.54 Å². The van der Waals surface area contributed by atoms with Gasteiger partial charge in [-0.1, -0.05) is 13.0 Å². The highest BCUT2D eigenvalue weighted by molar-refractivity contribution is 5.42. The highest BCUT2D eigenvalue weighted by Crippen LogP contribution is 2.27. The lowest BCUT2D eigenvalue weighted by atomic mass is 10.1. The second-order valence-electron chi connectivity index (χ2n) is 4.47. The molecule has 0 heterocycles. The largest absolute Gasteiger partial charge is 0.493 e. The first kappa shape index (κ1) is 15.3. The normalized spacial score (nSPS) is 12.0. The van der Waals surface area contributed by atoms with Crippen molar-refractivity contribution in [3.8, 4) is 17.6 Å². The minimum atomic E-state index is -0.0138. The number of benzene rings is 1. The first-order chi connectivity index (χ1) is 9.15. The summed E-state index contributed by atoms with van der Waals surface area (Å²) >= 11 is 0. The third-order valence-corrected chi connectivity index (χ3v) is 3.27. The van der Waals surface area contributed by atoms with Crippen molar-refractivity contribution in [2.75, 3.05) is 27.8 Å². The van der Waals surface area contributed by atoms with E-state index >= 15 is 0 Å². The minimum Gasteiger partial charge on any atom is -0.493 e. The summed E-state index contributed by atoms with van der Waals surface area (Å²) in [4.78, 5) is 2.08. The van der Waals surface area contributed by atoms with Crippen molar-refractivity contribution in [3.63, 3.8) is 0 Å². The molecule has 0 aliphatic rings. The van der Waals surface area contributed by atoms with Gasteiger partial charge in [0.2, 0.25) is 0 Å². The van der Waals surface area contributed by atoms with Crippen LogP contribution in [0.25, 0.3) is 0 Å². The maximum Gasteiger partial charge on any atom is 0.160 e. The number of likely N-dealkylation sites (N-methyl/N-ethyl adjacent to an activating group) is 1. The van der Waals surface area contributed by atoms with Crippen molar-refractivity contribution in [1.29, 1.82) is 5.26 Å². The molecular weight excluding hydrogens is 240 g/mol. The maximum absolute atomic E-state index is 9.02. The maximum atomic E-state index is 9.02. The Balaban J connectivity index is 2.66. The number of ether oxygens (including phenoxy) is 2. The Kier molecular flexibility index (Phi) is 6.17. The van der Waals surface area contributed by atoms with Crippen LogP contribution < -0.4 is 9.47 Å². The fourth-order valence-corrected chi connectivity index (χ4v) is 2.00. The number of hydrogen-bond donors (Lipinski definition) is 0. The summed E-state index contributed by atoms with van der Waals surface area (Å²) in [5.74, 6) is 1.48. The van der Waals surface area contributed by atoms with Crippen LogP contribution in [0.15, 0.2) is 18.2 Å². The fourth-order valence-electron chi connectivity index (χ4n) is 2.00. The second kappa shape index (κ2) is 7.65. The summed E-state index contributed by atoms with van der Waals surface area (Å²) in [5.41, 5.74) is 1.18. The molecule has 1 rings (SSSR count). The minimum absolute atomic E-state index is 0.0138. The Morgan fingerprint density at radius 3 is 2.47 bits per heavy atom. The number of hydrogen-bond acceptors (Lipinski definition) is 4. The van der Waals surface area contributed by atoms with Crippen molar-refractivity contribution in [2.24, 2.45) is 0 Å². The summed E-state index contributed by atoms with van der Waals surface area (Å²) in [6, 6.07) is 8.22. The first-order valence-corrected chi connectivity index (χ1v) is 6.47. The zero-order valence-corrected chi connectivity index (χ0v) is 12.1. The summed E-state index contributed by atoms with van der Waals surface area (Å²) in [6.07, 6.45) is 1.73. The third-order valence-electron chi connectivity index (χ3n) is 3.27. The van der Waals surface area contributed by atoms with Crippen molar-refractivity contribution < 1.29 is 9.47 Å². The van der Waals surface area contributed by atoms with E-state index in [2.05, 4.69) is 11.0 Å². The van der Waals surface area contributed by atoms with E-state index in [0.29, 0.717) is 0 Å². The van der Waals surface area contributed by atoms with E-state index < -0.39 is 0 Å². The lowest BCUT2D eigenvalue weighted by Crippen LogP contribution is -2.31. The molecule has 0 N–H and O–H groups in total. The second-order valence-corrected chi connectivity index (χ2v) is 4.47. The van der Waals surface area contributed by atoms with Crippen LogP contribution in [0.2, 0.25) is 0 Å². The van der Waals surface area contributed by atoms with Crippen molar-refractivity contribution in [3.05, 3.63) is 23.8 Å². The van der Waals surface area contributed by atoms with Gasteiger partial charge in [-0.3, -0.25) is 4.90 Å². The molecule has 19 heavy (non-hydrogen) atoms. The highest BCUT2D eigenvalue weighted by atomic mass is 16.5. The van der Waals surface area contributed by atoms with Crippen LogP contribution in [-0.2, 0) is 6.42 Å². The molecule has 0 fully saturated rings. The highest BCUT2D eigenvalue weighted by Gasteiger charge is 2.11. The Labute approximate surface area is 115 Å². The van der Waals surface area contributed by atoms with Crippen LogP contribution in [-0.4, -0.2) is 38.8 Å². The van der Waals surface area contributed by atoms with Crippen LogP contribution in [0.4, 0.5) is 0 Å². The molecule has 0 aromatic heterocycles. The molecule has 4 nitrogen and oxygen atoms in total. The molecule has 0 saturated heterocycles. The standard InChI is InChI=1S/C15H22N2O2/c1-5-13(11-16)17(2)9-8-12-6-7-14(18-3)15(10-12)19-4/h6-7,10,13H,5,8-9H2,1-4H3. The van der Waals surface area contributed by atoms with Gasteiger partial charge in [0.15, 0.2) is 11.5 Å². The third kappa shape index (κ3) is 4.15. The first-order valence-electron chi connectivity index (χ1n) is 6.47. The van der Waals surface area contributed by atoms with Gasteiger partial charge in [-0.2, -0.15) is 5.26 Å². The summed E-state index contributed by atoms with van der Waals surface area (Å²) in [7, 11) is 5.25. The molecule has 1 aromatic rings. The predicted molar refractivity (Wildman–Crippen MR) is 75.6 cm³/mol. The van der Waals surface area contributed by atoms with Crippen molar-refractivity contribution in [1.82, 2.24) is 4.90 Å². The molecule has 0 spiro atoms. The average Bonchev–Trinajstić information content (AvgIpc) is 2.45. The van der Waals surface area contributed by atoms with Crippen molar-refractivity contribution in [2.45, 2.75) is 25.8 Å². The van der Waals surface area contributed by atoms with Crippen LogP contribution >= 0.6 is 0 Å². The van der Waals surface area contributed by atoms with Crippen LogP contribution in [0.1, 0.15) is 18.9 Å². The predicted octanol–water partition coefficient (Wildman–Crippen LogP) is 2.48. The summed E-state index contributed by atoms with van der Waals surface area (Å²) < 4.78 is 10.5. The van der Waals surface area contributed by atoms with Gasteiger partial charge in [-0.25, -0.2) is 0 Å². The number of rotatable bonds is 7. The zero-order chi connectivity index (χ0) is 14.3. The summed E-state index contributed by atoms with van der Waals surface area (Å²) in [6.45, 7) is 2.88. The van der Waals surface area contributed by atoms with Gasteiger partial charge < -0.3 is 9.47 Å². The zero-order valence-electron chi connectivity index (χ0n) is 12.1. The lowest BCUT2D eigenvalue weighted by Gasteiger charge is -2.21. The topological polar surface area (TPSA) is 45.5 Å². The smallest absolute Gasteiger partial charge is 0.160 e. The SMILES string of the molecule is CCC(C#N)N(C)CCc1ccc(OC)c(OC)c1. The van der Waals surface area contributed by atoms with E-state index in [4.69, 9.17) is 14.7 Å². The molecule has 104 valence electrons. The Morgan fingerprint density at radius 1 is 1.26 bits per heavy atom. The Morgan fingerprint density at radius 2 is 1.95 bits per heavy atom. The molecule has 0 radical (unpaired) electrons. The quantitative estimate of drug-likeness (QED) is 0.757. The van der Waals surface area contributed by atoms with E-state index in [0.717, 1.165) is 30.9 Å². The molecule has 0 aliphatic heterocycles. The van der Waals surface area contributed by atoms with E-state index in [1.54, 1.807) is 14.2 Å². The molecular formula is C15H22N2O2. The molecule has 1 aromatic carbocycles. The van der Waals surface area contributed by atoms with Crippen molar-refractivity contribution >= 4 is 0 Å². The molecule has 0 bridgehead atoms. The molecule has 0 aliphatic carbocycles. The molecule has 4 heteroatoms. The number of nitrogens with zero attached hydrogens (tertiary/aromatic N) is 2. The average molecular weight is 262 g/mol.